The molecule has 1 N–H and O–H groups in total. The van der Waals surface area contributed by atoms with Crippen LogP contribution in [0.3, 0.4) is 0 Å². The number of carbonyl (C=O) groups is 2. The lowest BCUT2D eigenvalue weighted by molar-refractivity contribution is -0.144. The number of rotatable bonds is 7. The minimum Gasteiger partial charge on any atom is -0.461 e. The van der Waals surface area contributed by atoms with Crippen LogP contribution >= 0.6 is 0 Å². The van der Waals surface area contributed by atoms with E-state index in [4.69, 9.17) is 4.74 Å². The quantitative estimate of drug-likeness (QED) is 0.752. The van der Waals surface area contributed by atoms with Crippen molar-refractivity contribution in [3.05, 3.63) is 35.9 Å². The highest BCUT2D eigenvalue weighted by atomic mass is 16.5. The van der Waals surface area contributed by atoms with Crippen LogP contribution in [-0.2, 0) is 20.9 Å². The molecule has 0 fully saturated rings. The van der Waals surface area contributed by atoms with Gasteiger partial charge in [-0.2, -0.15) is 0 Å². The van der Waals surface area contributed by atoms with E-state index < -0.39 is 0 Å². The van der Waals surface area contributed by atoms with E-state index in [0.717, 1.165) is 12.0 Å². The van der Waals surface area contributed by atoms with Crippen molar-refractivity contribution in [3.63, 3.8) is 0 Å². The molecule has 4 heteroatoms. The van der Waals surface area contributed by atoms with Crippen molar-refractivity contribution < 1.29 is 14.3 Å². The first kappa shape index (κ1) is 14.2. The molecular weight excluding hydrogens is 230 g/mol. The molecule has 0 heterocycles. The monoisotopic (exact) mass is 249 g/mol. The highest BCUT2D eigenvalue weighted by molar-refractivity contribution is 5.76. The SMILES string of the molecule is CCCC(=O)NCCC(=O)OCc1ccccc1. The predicted octanol–water partition coefficient (Wildman–Crippen LogP) is 2.04. The molecule has 4 nitrogen and oxygen atoms in total. The second-order valence-corrected chi connectivity index (χ2v) is 4.00. The standard InChI is InChI=1S/C14H19NO3/c1-2-6-13(16)15-10-9-14(17)18-11-12-7-4-3-5-8-12/h3-5,7-8H,2,6,9-11H2,1H3,(H,15,16). The Balaban J connectivity index is 2.13. The Hall–Kier alpha value is -1.84. The van der Waals surface area contributed by atoms with Crippen LogP contribution < -0.4 is 5.32 Å². The van der Waals surface area contributed by atoms with Gasteiger partial charge in [0.05, 0.1) is 6.42 Å². The zero-order chi connectivity index (χ0) is 13.2. The zero-order valence-electron chi connectivity index (χ0n) is 10.6. The van der Waals surface area contributed by atoms with Crippen LogP contribution in [0.4, 0.5) is 0 Å². The second kappa shape index (κ2) is 8.28. The highest BCUT2D eigenvalue weighted by Gasteiger charge is 2.04. The average Bonchev–Trinajstić information content (AvgIpc) is 2.38. The topological polar surface area (TPSA) is 55.4 Å². The van der Waals surface area contributed by atoms with Crippen molar-refractivity contribution in [2.24, 2.45) is 0 Å². The van der Waals surface area contributed by atoms with Crippen LogP contribution in [0.15, 0.2) is 30.3 Å². The second-order valence-electron chi connectivity index (χ2n) is 4.00. The molecule has 1 amide bonds. The fourth-order valence-electron chi connectivity index (χ4n) is 1.43. The normalized spacial score (nSPS) is 9.83. The van der Waals surface area contributed by atoms with Gasteiger partial charge in [-0.1, -0.05) is 37.3 Å². The van der Waals surface area contributed by atoms with Crippen LogP contribution in [0.5, 0.6) is 0 Å². The van der Waals surface area contributed by atoms with Gasteiger partial charge >= 0.3 is 5.97 Å². The minimum atomic E-state index is -0.296. The van der Waals surface area contributed by atoms with E-state index in [-0.39, 0.29) is 24.9 Å². The third-order valence-corrected chi connectivity index (χ3v) is 2.37. The third-order valence-electron chi connectivity index (χ3n) is 2.37. The van der Waals surface area contributed by atoms with E-state index >= 15 is 0 Å². The van der Waals surface area contributed by atoms with Crippen molar-refractivity contribution >= 4 is 11.9 Å². The van der Waals surface area contributed by atoms with Gasteiger partial charge in [-0.15, -0.1) is 0 Å². The molecule has 0 aliphatic carbocycles. The summed E-state index contributed by atoms with van der Waals surface area (Å²) in [6.45, 7) is 2.56. The molecule has 1 aromatic rings. The fraction of sp³-hybridized carbons (Fsp3) is 0.429. The van der Waals surface area contributed by atoms with E-state index in [2.05, 4.69) is 5.32 Å². The molecule has 18 heavy (non-hydrogen) atoms. The summed E-state index contributed by atoms with van der Waals surface area (Å²) < 4.78 is 5.08. The third kappa shape index (κ3) is 6.03. The molecule has 0 aliphatic rings. The molecule has 0 aliphatic heterocycles. The molecule has 0 radical (unpaired) electrons. The summed E-state index contributed by atoms with van der Waals surface area (Å²) in [6, 6.07) is 9.50. The Bertz CT molecular complexity index is 376. The maximum Gasteiger partial charge on any atom is 0.307 e. The molecule has 98 valence electrons. The van der Waals surface area contributed by atoms with Crippen molar-refractivity contribution in [3.8, 4) is 0 Å². The number of benzene rings is 1. The van der Waals surface area contributed by atoms with Crippen LogP contribution in [0.1, 0.15) is 31.7 Å². The molecule has 0 spiro atoms. The van der Waals surface area contributed by atoms with E-state index in [1.54, 1.807) is 0 Å². The maximum absolute atomic E-state index is 11.4. The van der Waals surface area contributed by atoms with E-state index in [1.165, 1.54) is 0 Å². The Morgan fingerprint density at radius 1 is 1.17 bits per heavy atom. The fourth-order valence-corrected chi connectivity index (χ4v) is 1.43. The summed E-state index contributed by atoms with van der Waals surface area (Å²) in [5.74, 6) is -0.316. The Kier molecular flexibility index (Phi) is 6.54. The molecule has 1 aromatic carbocycles. The Morgan fingerprint density at radius 2 is 1.89 bits per heavy atom. The summed E-state index contributed by atoms with van der Waals surface area (Å²) >= 11 is 0. The molecule has 0 aromatic heterocycles. The summed E-state index contributed by atoms with van der Waals surface area (Å²) in [5, 5.41) is 2.67. The van der Waals surface area contributed by atoms with Gasteiger partial charge in [-0.25, -0.2) is 0 Å². The number of hydrogen-bond donors (Lipinski definition) is 1. The van der Waals surface area contributed by atoms with Gasteiger partial charge in [0.1, 0.15) is 6.61 Å². The predicted molar refractivity (Wildman–Crippen MR) is 68.8 cm³/mol. The number of amides is 1. The van der Waals surface area contributed by atoms with Crippen molar-refractivity contribution in [1.82, 2.24) is 5.32 Å². The van der Waals surface area contributed by atoms with Gasteiger partial charge in [-0.3, -0.25) is 9.59 Å². The first-order valence-electron chi connectivity index (χ1n) is 6.18. The number of hydrogen-bond acceptors (Lipinski definition) is 3. The van der Waals surface area contributed by atoms with Crippen molar-refractivity contribution in [1.29, 1.82) is 0 Å². The van der Waals surface area contributed by atoms with Crippen molar-refractivity contribution in [2.75, 3.05) is 6.54 Å². The molecule has 1 rings (SSSR count). The molecule has 0 saturated heterocycles. The van der Waals surface area contributed by atoms with E-state index in [0.29, 0.717) is 13.0 Å². The van der Waals surface area contributed by atoms with E-state index in [1.807, 2.05) is 37.3 Å². The van der Waals surface area contributed by atoms with Crippen LogP contribution in [0.25, 0.3) is 0 Å². The minimum absolute atomic E-state index is 0.0200. The first-order valence-corrected chi connectivity index (χ1v) is 6.18. The summed E-state index contributed by atoms with van der Waals surface area (Å²) in [5.41, 5.74) is 0.959. The molecule has 0 bridgehead atoms. The number of ether oxygens (including phenoxy) is 1. The highest BCUT2D eigenvalue weighted by Crippen LogP contribution is 2.01. The molecule has 0 unspecified atom stereocenters. The Morgan fingerprint density at radius 3 is 2.56 bits per heavy atom. The Labute approximate surface area is 107 Å². The average molecular weight is 249 g/mol. The molecular formula is C14H19NO3. The lowest BCUT2D eigenvalue weighted by atomic mass is 10.2. The smallest absolute Gasteiger partial charge is 0.307 e. The zero-order valence-corrected chi connectivity index (χ0v) is 10.6. The molecule has 0 atom stereocenters. The van der Waals surface area contributed by atoms with Crippen molar-refractivity contribution in [2.45, 2.75) is 32.8 Å². The summed E-state index contributed by atoms with van der Waals surface area (Å²) in [7, 11) is 0. The number of nitrogens with one attached hydrogen (secondary N) is 1. The van der Waals surface area contributed by atoms with Gasteiger partial charge in [0, 0.05) is 13.0 Å². The molecule has 0 saturated carbocycles. The van der Waals surface area contributed by atoms with Gasteiger partial charge in [-0.05, 0) is 12.0 Å². The van der Waals surface area contributed by atoms with Crippen LogP contribution in [0, 0.1) is 0 Å². The number of esters is 1. The van der Waals surface area contributed by atoms with Crippen LogP contribution in [0.2, 0.25) is 0 Å². The van der Waals surface area contributed by atoms with Gasteiger partial charge in [0.2, 0.25) is 5.91 Å². The number of carbonyl (C=O) groups excluding carboxylic acids is 2. The van der Waals surface area contributed by atoms with E-state index in [9.17, 15) is 9.59 Å². The summed E-state index contributed by atoms with van der Waals surface area (Å²) in [4.78, 5) is 22.5. The summed E-state index contributed by atoms with van der Waals surface area (Å²) in [6.07, 6.45) is 1.52. The largest absolute Gasteiger partial charge is 0.461 e. The lowest BCUT2D eigenvalue weighted by Gasteiger charge is -2.06. The maximum atomic E-state index is 11.4. The van der Waals surface area contributed by atoms with Crippen LogP contribution in [-0.4, -0.2) is 18.4 Å². The van der Waals surface area contributed by atoms with Gasteiger partial charge in [0.25, 0.3) is 0 Å². The lowest BCUT2D eigenvalue weighted by Crippen LogP contribution is -2.26. The van der Waals surface area contributed by atoms with Gasteiger partial charge in [0.15, 0.2) is 0 Å². The first-order chi connectivity index (χ1) is 8.72. The van der Waals surface area contributed by atoms with Gasteiger partial charge < -0.3 is 10.1 Å².